The number of hydrogen-bond acceptors (Lipinski definition) is 4. The quantitative estimate of drug-likeness (QED) is 0.193. The molecule has 0 bridgehead atoms. The Labute approximate surface area is 276 Å². The van der Waals surface area contributed by atoms with Gasteiger partial charge in [0.25, 0.3) is 0 Å². The predicted octanol–water partition coefficient (Wildman–Crippen LogP) is 11.7. The second kappa shape index (κ2) is 11.4. The molecule has 0 unspecified atom stereocenters. The van der Waals surface area contributed by atoms with Gasteiger partial charge in [-0.2, -0.15) is 0 Å². The molecule has 0 fully saturated rings. The molecule has 6 aromatic carbocycles. The number of thiophene rings is 1. The zero-order valence-corrected chi connectivity index (χ0v) is 26.2. The molecule has 3 aromatic heterocycles. The van der Waals surface area contributed by atoms with Crippen LogP contribution in [0.4, 0.5) is 0 Å². The lowest BCUT2D eigenvalue weighted by Crippen LogP contribution is -1.96. The second-order valence-corrected chi connectivity index (χ2v) is 12.7. The van der Waals surface area contributed by atoms with Gasteiger partial charge in [-0.15, -0.1) is 11.3 Å². The van der Waals surface area contributed by atoms with Gasteiger partial charge in [-0.1, -0.05) is 133 Å². The number of pyridine rings is 1. The molecular formula is C43H27N3S. The molecule has 9 rings (SSSR count). The maximum Gasteiger partial charge on any atom is 0.160 e. The summed E-state index contributed by atoms with van der Waals surface area (Å²) in [6, 6.07) is 57.3. The van der Waals surface area contributed by atoms with Crippen LogP contribution in [0, 0.1) is 0 Å². The lowest BCUT2D eigenvalue weighted by Gasteiger charge is -2.13. The van der Waals surface area contributed by atoms with Crippen LogP contribution in [0.1, 0.15) is 0 Å². The molecule has 0 amide bonds. The summed E-state index contributed by atoms with van der Waals surface area (Å²) in [7, 11) is 0. The highest BCUT2D eigenvalue weighted by molar-refractivity contribution is 7.25. The number of fused-ring (bicyclic) bond motifs is 4. The SMILES string of the molecule is c1ccc(-c2cccc(-c3cc(-c4cccc(-c5c6ccccc6nc6sc7ccccc7c56)c4)nc(-c4ccccc4)n3)c2)cc1. The molecule has 0 saturated carbocycles. The van der Waals surface area contributed by atoms with Gasteiger partial charge in [-0.3, -0.25) is 0 Å². The predicted molar refractivity (Wildman–Crippen MR) is 197 cm³/mol. The molecule has 4 heteroatoms. The van der Waals surface area contributed by atoms with Crippen molar-refractivity contribution in [1.82, 2.24) is 15.0 Å². The largest absolute Gasteiger partial charge is 0.237 e. The van der Waals surface area contributed by atoms with Gasteiger partial charge in [-0.05, 0) is 47.0 Å². The van der Waals surface area contributed by atoms with Crippen LogP contribution in [0.2, 0.25) is 0 Å². The normalized spacial score (nSPS) is 11.4. The van der Waals surface area contributed by atoms with Gasteiger partial charge in [0.2, 0.25) is 0 Å². The number of nitrogens with zero attached hydrogens (tertiary/aromatic N) is 3. The highest BCUT2D eigenvalue weighted by Gasteiger charge is 2.18. The van der Waals surface area contributed by atoms with Crippen molar-refractivity contribution < 1.29 is 0 Å². The topological polar surface area (TPSA) is 38.7 Å². The third-order valence-corrected chi connectivity index (χ3v) is 9.76. The third kappa shape index (κ3) is 4.96. The lowest BCUT2D eigenvalue weighted by molar-refractivity contribution is 1.18. The van der Waals surface area contributed by atoms with Gasteiger partial charge < -0.3 is 0 Å². The van der Waals surface area contributed by atoms with E-state index in [1.165, 1.54) is 26.6 Å². The molecule has 0 aliphatic heterocycles. The summed E-state index contributed by atoms with van der Waals surface area (Å²) in [5, 5.41) is 3.58. The third-order valence-electron chi connectivity index (χ3n) is 8.69. The van der Waals surface area contributed by atoms with Crippen LogP contribution in [0.5, 0.6) is 0 Å². The molecule has 0 radical (unpaired) electrons. The molecule has 0 aliphatic rings. The standard InChI is InChI=1S/C43H27N3S/c1-3-13-28(14-4-1)30-17-11-18-31(25-30)37-27-38(45-42(44-37)29-15-5-2-6-16-29)32-19-12-20-33(26-32)40-34-21-7-9-23-36(34)46-43-41(40)35-22-8-10-24-39(35)47-43/h1-27H. The van der Waals surface area contributed by atoms with Crippen LogP contribution in [0.3, 0.4) is 0 Å². The molecule has 47 heavy (non-hydrogen) atoms. The van der Waals surface area contributed by atoms with E-state index < -0.39 is 0 Å². The molecule has 0 saturated heterocycles. The highest BCUT2D eigenvalue weighted by Crippen LogP contribution is 2.43. The number of hydrogen-bond donors (Lipinski definition) is 0. The average molecular weight is 618 g/mol. The van der Waals surface area contributed by atoms with Crippen molar-refractivity contribution >= 4 is 42.5 Å². The molecule has 3 nitrogen and oxygen atoms in total. The fraction of sp³-hybridized carbons (Fsp3) is 0. The van der Waals surface area contributed by atoms with Crippen molar-refractivity contribution in [3.63, 3.8) is 0 Å². The Bertz CT molecular complexity index is 2570. The van der Waals surface area contributed by atoms with E-state index in [1.807, 2.05) is 24.3 Å². The minimum absolute atomic E-state index is 0.703. The van der Waals surface area contributed by atoms with E-state index in [2.05, 4.69) is 140 Å². The van der Waals surface area contributed by atoms with Crippen molar-refractivity contribution in [3.05, 3.63) is 164 Å². The van der Waals surface area contributed by atoms with Crippen LogP contribution in [-0.2, 0) is 0 Å². The van der Waals surface area contributed by atoms with E-state index >= 15 is 0 Å². The molecule has 0 aliphatic carbocycles. The first-order valence-electron chi connectivity index (χ1n) is 15.7. The Balaban J connectivity index is 1.25. The molecule has 0 atom stereocenters. The molecule has 3 heterocycles. The Kier molecular flexibility index (Phi) is 6.65. The fourth-order valence-corrected chi connectivity index (χ4v) is 7.55. The fourth-order valence-electron chi connectivity index (χ4n) is 6.46. The summed E-state index contributed by atoms with van der Waals surface area (Å²) in [6.45, 7) is 0. The minimum atomic E-state index is 0.703. The summed E-state index contributed by atoms with van der Waals surface area (Å²) in [4.78, 5) is 16.4. The van der Waals surface area contributed by atoms with Gasteiger partial charge in [0.05, 0.1) is 16.9 Å². The van der Waals surface area contributed by atoms with Gasteiger partial charge in [0, 0.05) is 43.1 Å². The Morgan fingerprint density at radius 3 is 1.68 bits per heavy atom. The summed E-state index contributed by atoms with van der Waals surface area (Å²) in [5.41, 5.74) is 10.5. The maximum atomic E-state index is 5.16. The first kappa shape index (κ1) is 27.3. The van der Waals surface area contributed by atoms with Crippen molar-refractivity contribution in [3.8, 4) is 56.2 Å². The Hall–Kier alpha value is -5.97. The lowest BCUT2D eigenvalue weighted by atomic mass is 9.94. The van der Waals surface area contributed by atoms with Crippen LogP contribution < -0.4 is 0 Å². The number of rotatable bonds is 5. The Morgan fingerprint density at radius 1 is 0.383 bits per heavy atom. The second-order valence-electron chi connectivity index (χ2n) is 11.6. The minimum Gasteiger partial charge on any atom is -0.237 e. The van der Waals surface area contributed by atoms with Crippen LogP contribution in [-0.4, -0.2) is 15.0 Å². The summed E-state index contributed by atoms with van der Waals surface area (Å²) < 4.78 is 1.24. The molecule has 0 N–H and O–H groups in total. The van der Waals surface area contributed by atoms with Crippen molar-refractivity contribution in [2.45, 2.75) is 0 Å². The van der Waals surface area contributed by atoms with Crippen molar-refractivity contribution in [1.29, 1.82) is 0 Å². The summed E-state index contributed by atoms with van der Waals surface area (Å²) >= 11 is 1.75. The summed E-state index contributed by atoms with van der Waals surface area (Å²) in [5.74, 6) is 0.703. The highest BCUT2D eigenvalue weighted by atomic mass is 32.1. The molecule has 0 spiro atoms. The monoisotopic (exact) mass is 617 g/mol. The van der Waals surface area contributed by atoms with Crippen LogP contribution in [0.15, 0.2) is 164 Å². The molecule has 220 valence electrons. The number of aromatic nitrogens is 3. The number of para-hydroxylation sites is 1. The van der Waals surface area contributed by atoms with Crippen molar-refractivity contribution in [2.75, 3.05) is 0 Å². The van der Waals surface area contributed by atoms with E-state index in [4.69, 9.17) is 15.0 Å². The maximum absolute atomic E-state index is 5.16. The number of benzene rings is 6. The van der Waals surface area contributed by atoms with Gasteiger partial charge >= 0.3 is 0 Å². The van der Waals surface area contributed by atoms with Gasteiger partial charge in [0.15, 0.2) is 5.82 Å². The zero-order valence-electron chi connectivity index (χ0n) is 25.3. The van der Waals surface area contributed by atoms with Gasteiger partial charge in [-0.25, -0.2) is 15.0 Å². The zero-order chi connectivity index (χ0) is 31.2. The van der Waals surface area contributed by atoms with Crippen molar-refractivity contribution in [2.24, 2.45) is 0 Å². The van der Waals surface area contributed by atoms with E-state index in [9.17, 15) is 0 Å². The molecular weight excluding hydrogens is 591 g/mol. The summed E-state index contributed by atoms with van der Waals surface area (Å²) in [6.07, 6.45) is 0. The Morgan fingerprint density at radius 2 is 0.936 bits per heavy atom. The first-order valence-corrected chi connectivity index (χ1v) is 16.5. The van der Waals surface area contributed by atoms with Crippen LogP contribution >= 0.6 is 11.3 Å². The molecule has 9 aromatic rings. The van der Waals surface area contributed by atoms with E-state index in [1.54, 1.807) is 11.3 Å². The van der Waals surface area contributed by atoms with E-state index in [-0.39, 0.29) is 0 Å². The average Bonchev–Trinajstić information content (AvgIpc) is 3.52. The smallest absolute Gasteiger partial charge is 0.160 e. The first-order chi connectivity index (χ1) is 23.3. The van der Waals surface area contributed by atoms with E-state index in [0.717, 1.165) is 54.9 Å². The van der Waals surface area contributed by atoms with E-state index in [0.29, 0.717) is 5.82 Å². The van der Waals surface area contributed by atoms with Crippen LogP contribution in [0.25, 0.3) is 87.4 Å². The van der Waals surface area contributed by atoms with Gasteiger partial charge in [0.1, 0.15) is 4.83 Å².